The van der Waals surface area contributed by atoms with E-state index in [9.17, 15) is 4.79 Å². The third kappa shape index (κ3) is 6.52. The molecule has 0 bridgehead atoms. The number of thioether (sulfide) groups is 1. The minimum absolute atomic E-state index is 0.295. The second kappa shape index (κ2) is 11.9. The predicted octanol–water partition coefficient (Wildman–Crippen LogP) is 6.44. The van der Waals surface area contributed by atoms with Crippen molar-refractivity contribution in [1.82, 2.24) is 19.7 Å². The van der Waals surface area contributed by atoms with Gasteiger partial charge in [0.05, 0.1) is 15.7 Å². The highest BCUT2D eigenvalue weighted by molar-refractivity contribution is 7.99. The molecule has 0 unspecified atom stereocenters. The van der Waals surface area contributed by atoms with Gasteiger partial charge >= 0.3 is 0 Å². The molecule has 1 aliphatic rings. The average molecular weight is 503 g/mol. The van der Waals surface area contributed by atoms with E-state index in [4.69, 9.17) is 23.2 Å². The number of carbonyl (C=O) groups is 1. The molecule has 1 aromatic heterocycles. The van der Waals surface area contributed by atoms with Crippen LogP contribution in [0, 0.1) is 0 Å². The van der Waals surface area contributed by atoms with Crippen LogP contribution in [0.3, 0.4) is 0 Å². The quantitative estimate of drug-likeness (QED) is 0.249. The van der Waals surface area contributed by atoms with Gasteiger partial charge in [-0.25, -0.2) is 0 Å². The zero-order valence-corrected chi connectivity index (χ0v) is 20.9. The van der Waals surface area contributed by atoms with Gasteiger partial charge in [-0.05, 0) is 55.9 Å². The summed E-state index contributed by atoms with van der Waals surface area (Å²) in [6, 6.07) is 15.8. The topological polar surface area (TPSA) is 51.0 Å². The maximum absolute atomic E-state index is 12.4. The van der Waals surface area contributed by atoms with E-state index in [0.29, 0.717) is 28.8 Å². The highest BCUT2D eigenvalue weighted by Gasteiger charge is 2.17. The molecule has 1 aliphatic heterocycles. The molecule has 0 saturated carbocycles. The fraction of sp³-hybridized carbons (Fsp3) is 0.400. The van der Waals surface area contributed by atoms with E-state index in [-0.39, 0.29) is 0 Å². The monoisotopic (exact) mass is 502 g/mol. The number of amides is 1. The van der Waals surface area contributed by atoms with Crippen LogP contribution < -0.4 is 0 Å². The second-order valence-electron chi connectivity index (χ2n) is 8.24. The summed E-state index contributed by atoms with van der Waals surface area (Å²) in [5.41, 5.74) is 2.06. The summed E-state index contributed by atoms with van der Waals surface area (Å²) in [5, 5.41) is 10.8. The Labute approximate surface area is 209 Å². The Kier molecular flexibility index (Phi) is 8.70. The van der Waals surface area contributed by atoms with Crippen LogP contribution in [0.15, 0.2) is 53.7 Å². The highest BCUT2D eigenvalue weighted by Crippen LogP contribution is 2.29. The Morgan fingerprint density at radius 1 is 0.939 bits per heavy atom. The first-order valence-corrected chi connectivity index (χ1v) is 13.2. The van der Waals surface area contributed by atoms with Gasteiger partial charge in [0.25, 0.3) is 0 Å². The molecular weight excluding hydrogens is 475 g/mol. The van der Waals surface area contributed by atoms with Gasteiger partial charge in [-0.1, -0.05) is 65.3 Å². The number of halogens is 2. The molecule has 33 heavy (non-hydrogen) atoms. The number of rotatable bonds is 9. The predicted molar refractivity (Wildman–Crippen MR) is 136 cm³/mol. The van der Waals surface area contributed by atoms with Crippen LogP contribution in [0.4, 0.5) is 0 Å². The lowest BCUT2D eigenvalue weighted by atomic mass is 10.1. The summed E-state index contributed by atoms with van der Waals surface area (Å²) < 4.78 is 2.05. The fourth-order valence-electron chi connectivity index (χ4n) is 4.01. The third-order valence-electron chi connectivity index (χ3n) is 5.79. The normalized spacial score (nSPS) is 13.9. The van der Waals surface area contributed by atoms with Crippen LogP contribution >= 0.6 is 35.0 Å². The first kappa shape index (κ1) is 24.1. The van der Waals surface area contributed by atoms with E-state index in [1.54, 1.807) is 17.8 Å². The molecule has 0 aliphatic carbocycles. The first-order chi connectivity index (χ1) is 16.1. The Hall–Kier alpha value is -2.02. The van der Waals surface area contributed by atoms with Crippen molar-refractivity contribution >= 4 is 40.9 Å². The Morgan fingerprint density at radius 3 is 2.48 bits per heavy atom. The van der Waals surface area contributed by atoms with E-state index in [1.807, 2.05) is 35.2 Å². The summed E-state index contributed by atoms with van der Waals surface area (Å²) in [5.74, 6) is 2.02. The van der Waals surface area contributed by atoms with Crippen molar-refractivity contribution in [3.05, 3.63) is 70.0 Å². The smallest absolute Gasteiger partial charge is 0.222 e. The molecule has 2 heterocycles. The molecule has 1 amide bonds. The van der Waals surface area contributed by atoms with Crippen LogP contribution in [-0.2, 0) is 11.2 Å². The van der Waals surface area contributed by atoms with Crippen molar-refractivity contribution in [1.29, 1.82) is 0 Å². The second-order valence-corrected chi connectivity index (χ2v) is 10.1. The lowest BCUT2D eigenvalue weighted by Gasteiger charge is -2.26. The number of unbranched alkanes of at least 4 members (excludes halogenated alkanes) is 1. The lowest BCUT2D eigenvalue weighted by molar-refractivity contribution is -0.132. The maximum Gasteiger partial charge on any atom is 0.222 e. The maximum atomic E-state index is 12.4. The number of benzene rings is 2. The highest BCUT2D eigenvalue weighted by atomic mass is 35.5. The lowest BCUT2D eigenvalue weighted by Crippen LogP contribution is -2.35. The van der Waals surface area contributed by atoms with Gasteiger partial charge in [0.2, 0.25) is 5.91 Å². The minimum Gasteiger partial charge on any atom is -0.343 e. The molecule has 0 spiro atoms. The van der Waals surface area contributed by atoms with E-state index >= 15 is 0 Å². The molecule has 3 aromatic rings. The number of nitrogens with zero attached hydrogens (tertiary/aromatic N) is 4. The van der Waals surface area contributed by atoms with Gasteiger partial charge in [-0.3, -0.25) is 9.36 Å². The van der Waals surface area contributed by atoms with Gasteiger partial charge in [-0.15, -0.1) is 10.2 Å². The molecule has 0 N–H and O–H groups in total. The van der Waals surface area contributed by atoms with E-state index in [0.717, 1.165) is 61.2 Å². The van der Waals surface area contributed by atoms with E-state index < -0.39 is 0 Å². The fourth-order valence-corrected chi connectivity index (χ4v) is 5.28. The molecule has 1 fully saturated rings. The number of carbonyl (C=O) groups excluding carboxylic acids is 1. The van der Waals surface area contributed by atoms with Gasteiger partial charge < -0.3 is 4.90 Å². The van der Waals surface area contributed by atoms with Crippen molar-refractivity contribution in [2.75, 3.05) is 18.8 Å². The number of likely N-dealkylation sites (tertiary alicyclic amines) is 1. The van der Waals surface area contributed by atoms with Crippen LogP contribution in [0.25, 0.3) is 5.69 Å². The van der Waals surface area contributed by atoms with Gasteiger partial charge in [0, 0.05) is 31.7 Å². The number of hydrogen-bond acceptors (Lipinski definition) is 4. The molecule has 0 radical (unpaired) electrons. The Balaban J connectivity index is 1.41. The van der Waals surface area contributed by atoms with Crippen LogP contribution in [0.5, 0.6) is 0 Å². The van der Waals surface area contributed by atoms with Crippen molar-refractivity contribution in [2.24, 2.45) is 0 Å². The molecule has 1 saturated heterocycles. The van der Waals surface area contributed by atoms with Crippen LogP contribution in [-0.4, -0.2) is 44.4 Å². The Morgan fingerprint density at radius 2 is 1.73 bits per heavy atom. The van der Waals surface area contributed by atoms with E-state index in [1.165, 1.54) is 12.0 Å². The number of aromatic nitrogens is 3. The number of hydrogen-bond donors (Lipinski definition) is 0. The van der Waals surface area contributed by atoms with Gasteiger partial charge in [-0.2, -0.15) is 0 Å². The summed E-state index contributed by atoms with van der Waals surface area (Å²) in [7, 11) is 0. The van der Waals surface area contributed by atoms with Crippen molar-refractivity contribution in [2.45, 2.75) is 50.1 Å². The summed E-state index contributed by atoms with van der Waals surface area (Å²) in [6.45, 7) is 1.84. The molecule has 5 nitrogen and oxygen atoms in total. The largest absolute Gasteiger partial charge is 0.343 e. The number of piperidine rings is 1. The zero-order valence-electron chi connectivity index (χ0n) is 18.6. The average Bonchev–Trinajstić information content (AvgIpc) is 3.24. The summed E-state index contributed by atoms with van der Waals surface area (Å²) >= 11 is 14.1. The van der Waals surface area contributed by atoms with E-state index in [2.05, 4.69) is 26.9 Å². The first-order valence-electron chi connectivity index (χ1n) is 11.5. The molecular formula is C25H28Cl2N4OS. The zero-order chi connectivity index (χ0) is 23.0. The van der Waals surface area contributed by atoms with Gasteiger partial charge in [0.15, 0.2) is 5.16 Å². The molecule has 0 atom stereocenters. The standard InChI is InChI=1S/C25H28Cl2N4OS/c26-21-13-12-20(18-22(21)27)31-23(17-19-9-3-1-4-10-19)28-29-25(31)33-16-8-5-11-24(32)30-14-6-2-7-15-30/h1,3-4,9-10,12-13,18H,2,5-8,11,14-17H2. The molecule has 4 rings (SSSR count). The van der Waals surface area contributed by atoms with Crippen molar-refractivity contribution < 1.29 is 4.79 Å². The minimum atomic E-state index is 0.295. The van der Waals surface area contributed by atoms with Crippen molar-refractivity contribution in [3.8, 4) is 5.69 Å². The van der Waals surface area contributed by atoms with Crippen LogP contribution in [0.2, 0.25) is 10.0 Å². The van der Waals surface area contributed by atoms with Gasteiger partial charge in [0.1, 0.15) is 5.82 Å². The van der Waals surface area contributed by atoms with Crippen molar-refractivity contribution in [3.63, 3.8) is 0 Å². The summed E-state index contributed by atoms with van der Waals surface area (Å²) in [6.07, 6.45) is 6.64. The molecule has 2 aromatic carbocycles. The molecule has 8 heteroatoms. The third-order valence-corrected chi connectivity index (χ3v) is 7.55. The van der Waals surface area contributed by atoms with Crippen LogP contribution in [0.1, 0.15) is 49.9 Å². The summed E-state index contributed by atoms with van der Waals surface area (Å²) in [4.78, 5) is 14.4. The molecule has 174 valence electrons. The SMILES string of the molecule is O=C(CCCCSc1nnc(Cc2ccccc2)n1-c1ccc(Cl)c(Cl)c1)N1CCCCC1. The Bertz CT molecular complexity index is 1070.